The molecule has 0 aliphatic carbocycles. The number of nitrogens with zero attached hydrogens (tertiary/aromatic N) is 1. The van der Waals surface area contributed by atoms with E-state index in [9.17, 15) is 4.79 Å². The van der Waals surface area contributed by atoms with Crippen LogP contribution in [0.15, 0.2) is 66.7 Å². The van der Waals surface area contributed by atoms with Crippen LogP contribution in [-0.2, 0) is 0 Å². The molecule has 128 valence electrons. The number of carbonyl (C=O) groups is 1. The molecule has 0 aromatic heterocycles. The average Bonchev–Trinajstić information content (AvgIpc) is 2.65. The first-order chi connectivity index (χ1) is 12.6. The summed E-state index contributed by atoms with van der Waals surface area (Å²) >= 11 is 0. The van der Waals surface area contributed by atoms with E-state index >= 15 is 0 Å². The predicted octanol–water partition coefficient (Wildman–Crippen LogP) is 4.37. The Balaban J connectivity index is 1.77. The predicted molar refractivity (Wildman–Crippen MR) is 98.8 cm³/mol. The van der Waals surface area contributed by atoms with Crippen LogP contribution < -0.4 is 15.8 Å². The monoisotopic (exact) mass is 345 g/mol. The molecule has 3 rings (SSSR count). The first kappa shape index (κ1) is 16.9. The Hall–Kier alpha value is -3.98. The molecule has 3 aromatic carbocycles. The van der Waals surface area contributed by atoms with E-state index in [2.05, 4.69) is 11.4 Å². The minimum atomic E-state index is -1.02. The largest absolute Gasteiger partial charge is 0.478 e. The second kappa shape index (κ2) is 7.28. The fourth-order valence-electron chi connectivity index (χ4n) is 2.33. The van der Waals surface area contributed by atoms with Gasteiger partial charge < -0.3 is 20.9 Å². The Kier molecular flexibility index (Phi) is 4.72. The van der Waals surface area contributed by atoms with E-state index in [0.717, 1.165) is 5.69 Å². The minimum Gasteiger partial charge on any atom is -0.478 e. The highest BCUT2D eigenvalue weighted by molar-refractivity contribution is 5.91. The molecule has 0 bridgehead atoms. The molecule has 0 fully saturated rings. The van der Waals surface area contributed by atoms with Gasteiger partial charge in [0, 0.05) is 5.69 Å². The van der Waals surface area contributed by atoms with E-state index in [-0.39, 0.29) is 5.56 Å². The van der Waals surface area contributed by atoms with E-state index in [1.54, 1.807) is 54.6 Å². The number of ether oxygens (including phenoxy) is 1. The Morgan fingerprint density at radius 1 is 1.08 bits per heavy atom. The maximum absolute atomic E-state index is 11.1. The number of carboxylic acids is 1. The summed E-state index contributed by atoms with van der Waals surface area (Å²) in [6.45, 7) is 0. The molecule has 4 N–H and O–H groups in total. The van der Waals surface area contributed by atoms with Crippen LogP contribution in [0.3, 0.4) is 0 Å². The van der Waals surface area contributed by atoms with E-state index in [0.29, 0.717) is 28.4 Å². The molecule has 26 heavy (non-hydrogen) atoms. The third-order valence-electron chi connectivity index (χ3n) is 3.67. The van der Waals surface area contributed by atoms with E-state index in [4.69, 9.17) is 20.8 Å². The molecule has 0 radical (unpaired) electrons. The second-order valence-electron chi connectivity index (χ2n) is 5.47. The van der Waals surface area contributed by atoms with Crippen LogP contribution >= 0.6 is 0 Å². The average molecular weight is 345 g/mol. The summed E-state index contributed by atoms with van der Waals surface area (Å²) in [6, 6.07) is 20.6. The van der Waals surface area contributed by atoms with E-state index in [1.165, 1.54) is 12.1 Å². The molecule has 6 nitrogen and oxygen atoms in total. The molecule has 0 atom stereocenters. The second-order valence-corrected chi connectivity index (χ2v) is 5.47. The fraction of sp³-hybridized carbons (Fsp3) is 0. The molecular formula is C20H15N3O3. The van der Waals surface area contributed by atoms with Gasteiger partial charge in [0.2, 0.25) is 0 Å². The molecule has 0 saturated carbocycles. The number of carboxylic acid groups (broad SMARTS) is 1. The molecule has 6 heteroatoms. The summed E-state index contributed by atoms with van der Waals surface area (Å²) in [4.78, 5) is 11.1. The number of nitrogens with two attached hydrogens (primary N) is 1. The lowest BCUT2D eigenvalue weighted by molar-refractivity contribution is 0.0697. The number of hydrogen-bond acceptors (Lipinski definition) is 5. The van der Waals surface area contributed by atoms with Crippen LogP contribution in [0.4, 0.5) is 17.1 Å². The van der Waals surface area contributed by atoms with Crippen molar-refractivity contribution in [2.75, 3.05) is 11.1 Å². The van der Waals surface area contributed by atoms with E-state index < -0.39 is 5.97 Å². The van der Waals surface area contributed by atoms with Gasteiger partial charge in [0.15, 0.2) is 0 Å². The van der Waals surface area contributed by atoms with Crippen LogP contribution in [0.25, 0.3) is 0 Å². The van der Waals surface area contributed by atoms with Gasteiger partial charge in [-0.3, -0.25) is 0 Å². The molecule has 0 amide bonds. The summed E-state index contributed by atoms with van der Waals surface area (Å²) in [5.74, 6) is 0.0348. The summed E-state index contributed by atoms with van der Waals surface area (Å²) in [6.07, 6.45) is 0. The zero-order valence-electron chi connectivity index (χ0n) is 13.6. The highest BCUT2D eigenvalue weighted by Crippen LogP contribution is 2.28. The number of anilines is 3. The van der Waals surface area contributed by atoms with Crippen molar-refractivity contribution in [2.45, 2.75) is 0 Å². The van der Waals surface area contributed by atoms with Crippen LogP contribution in [-0.4, -0.2) is 11.1 Å². The van der Waals surface area contributed by atoms with Gasteiger partial charge in [-0.15, -0.1) is 0 Å². The normalized spacial score (nSPS) is 9.96. The van der Waals surface area contributed by atoms with Crippen LogP contribution in [0.1, 0.15) is 15.9 Å². The van der Waals surface area contributed by atoms with Gasteiger partial charge in [-0.05, 0) is 54.6 Å². The molecule has 0 saturated heterocycles. The number of aromatic carboxylic acids is 1. The first-order valence-corrected chi connectivity index (χ1v) is 7.74. The molecule has 0 aliphatic rings. The smallest absolute Gasteiger partial charge is 0.335 e. The van der Waals surface area contributed by atoms with Crippen molar-refractivity contribution in [1.82, 2.24) is 0 Å². The first-order valence-electron chi connectivity index (χ1n) is 7.74. The molecule has 3 aromatic rings. The number of rotatable bonds is 5. The van der Waals surface area contributed by atoms with Crippen LogP contribution in [0.5, 0.6) is 11.5 Å². The lowest BCUT2D eigenvalue weighted by atomic mass is 10.1. The molecular weight excluding hydrogens is 330 g/mol. The van der Waals surface area contributed by atoms with E-state index in [1.807, 2.05) is 0 Å². The van der Waals surface area contributed by atoms with Gasteiger partial charge in [0.1, 0.15) is 17.6 Å². The third kappa shape index (κ3) is 3.74. The summed E-state index contributed by atoms with van der Waals surface area (Å²) in [5, 5.41) is 21.3. The van der Waals surface area contributed by atoms with Crippen molar-refractivity contribution < 1.29 is 14.6 Å². The van der Waals surface area contributed by atoms with Crippen molar-refractivity contribution in [3.8, 4) is 17.6 Å². The van der Waals surface area contributed by atoms with Crippen LogP contribution in [0.2, 0.25) is 0 Å². The standard InChI is InChI=1S/C20H15N3O3/c21-12-14-3-1-2-4-19(14)26-16-8-6-15(7-9-16)23-18-11-13(20(24)25)5-10-17(18)22/h1-11,23H,22H2,(H,24,25). The highest BCUT2D eigenvalue weighted by Gasteiger charge is 2.08. The summed E-state index contributed by atoms with van der Waals surface area (Å²) < 4.78 is 5.73. The van der Waals surface area contributed by atoms with Gasteiger partial charge in [-0.2, -0.15) is 5.26 Å². The number of benzene rings is 3. The van der Waals surface area contributed by atoms with Gasteiger partial charge in [-0.25, -0.2) is 4.79 Å². The topological polar surface area (TPSA) is 108 Å². The van der Waals surface area contributed by atoms with Gasteiger partial charge in [0.25, 0.3) is 0 Å². The number of para-hydroxylation sites is 1. The lowest BCUT2D eigenvalue weighted by Gasteiger charge is -2.11. The fourth-order valence-corrected chi connectivity index (χ4v) is 2.33. The van der Waals surface area contributed by atoms with Crippen molar-refractivity contribution in [3.63, 3.8) is 0 Å². The SMILES string of the molecule is N#Cc1ccccc1Oc1ccc(Nc2cc(C(=O)O)ccc2N)cc1. The van der Waals surface area contributed by atoms with Crippen LogP contribution in [0, 0.1) is 11.3 Å². The third-order valence-corrected chi connectivity index (χ3v) is 3.67. The van der Waals surface area contributed by atoms with Gasteiger partial charge in [0.05, 0.1) is 22.5 Å². The number of nitrogens with one attached hydrogen (secondary N) is 1. The molecule has 0 spiro atoms. The highest BCUT2D eigenvalue weighted by atomic mass is 16.5. The Bertz CT molecular complexity index is 992. The van der Waals surface area contributed by atoms with Crippen molar-refractivity contribution in [1.29, 1.82) is 5.26 Å². The minimum absolute atomic E-state index is 0.148. The maximum Gasteiger partial charge on any atom is 0.335 e. The number of nitriles is 1. The molecule has 0 unspecified atom stereocenters. The van der Waals surface area contributed by atoms with Crippen molar-refractivity contribution >= 4 is 23.0 Å². The summed E-state index contributed by atoms with van der Waals surface area (Å²) in [7, 11) is 0. The lowest BCUT2D eigenvalue weighted by Crippen LogP contribution is -2.01. The number of hydrogen-bond donors (Lipinski definition) is 3. The van der Waals surface area contributed by atoms with Gasteiger partial charge in [-0.1, -0.05) is 12.1 Å². The Morgan fingerprint density at radius 2 is 1.81 bits per heavy atom. The number of nitrogen functional groups attached to an aromatic ring is 1. The summed E-state index contributed by atoms with van der Waals surface area (Å²) in [5.41, 5.74) is 8.16. The Labute approximate surface area is 150 Å². The quantitative estimate of drug-likeness (QED) is 0.592. The van der Waals surface area contributed by atoms with Crippen molar-refractivity contribution in [2.24, 2.45) is 0 Å². The molecule has 0 heterocycles. The van der Waals surface area contributed by atoms with Gasteiger partial charge >= 0.3 is 5.97 Å². The molecule has 0 aliphatic heterocycles. The zero-order chi connectivity index (χ0) is 18.5. The maximum atomic E-state index is 11.1. The Morgan fingerprint density at radius 3 is 2.50 bits per heavy atom. The zero-order valence-corrected chi connectivity index (χ0v) is 13.6. The van der Waals surface area contributed by atoms with Crippen molar-refractivity contribution in [3.05, 3.63) is 77.9 Å².